The van der Waals surface area contributed by atoms with Crippen LogP contribution in [0.4, 0.5) is 0 Å². The van der Waals surface area contributed by atoms with Crippen molar-refractivity contribution < 1.29 is 9.32 Å². The van der Waals surface area contributed by atoms with Crippen molar-refractivity contribution in [2.45, 2.75) is 44.8 Å². The zero-order chi connectivity index (χ0) is 18.9. The second-order valence-electron chi connectivity index (χ2n) is 7.37. The Morgan fingerprint density at radius 2 is 2.10 bits per heavy atom. The zero-order valence-corrected chi connectivity index (χ0v) is 16.7. The normalized spacial score (nSPS) is 15.9. The molecule has 2 N–H and O–H groups in total. The van der Waals surface area contributed by atoms with Gasteiger partial charge >= 0.3 is 0 Å². The fraction of sp³-hybridized carbons (Fsp3) is 0.400. The number of fused-ring (bicyclic) bond motifs is 1. The van der Waals surface area contributed by atoms with Crippen LogP contribution in [0.15, 0.2) is 34.9 Å². The van der Waals surface area contributed by atoms with Gasteiger partial charge in [0.2, 0.25) is 11.7 Å². The monoisotopic (exact) mass is 414 g/mol. The number of aryl methyl sites for hydroxylation is 1. The summed E-state index contributed by atoms with van der Waals surface area (Å²) in [5.41, 5.74) is 3.48. The zero-order valence-electron chi connectivity index (χ0n) is 15.9. The minimum absolute atomic E-state index is 0. The summed E-state index contributed by atoms with van der Waals surface area (Å²) in [6, 6.07) is 9.31. The molecule has 3 heterocycles. The highest BCUT2D eigenvalue weighted by Crippen LogP contribution is 2.39. The lowest BCUT2D eigenvalue weighted by molar-refractivity contribution is 0.0950. The molecule has 8 nitrogen and oxygen atoms in total. The molecule has 0 unspecified atom stereocenters. The number of nitrogens with one attached hydrogen (secondary N) is 2. The standard InChI is InChI=1S/C20H22N6O2.ClH/c27-19(22-11-16-10-17-12-21-8-1-9-26(17)24-16)14-4-2-13(3-5-14)18-23-20(28-25-18)15-6-7-15;/h2-5,10,15,21H,1,6-9,11-12H2,(H,22,27);1H. The van der Waals surface area contributed by atoms with Crippen LogP contribution in [-0.2, 0) is 19.6 Å². The number of rotatable bonds is 5. The van der Waals surface area contributed by atoms with Crippen molar-refractivity contribution in [2.24, 2.45) is 0 Å². The first-order valence-electron chi connectivity index (χ1n) is 9.75. The van der Waals surface area contributed by atoms with E-state index in [4.69, 9.17) is 4.52 Å². The van der Waals surface area contributed by atoms with Crippen LogP contribution >= 0.6 is 12.4 Å². The van der Waals surface area contributed by atoms with Gasteiger partial charge in [0, 0.05) is 30.1 Å². The van der Waals surface area contributed by atoms with E-state index in [-0.39, 0.29) is 18.3 Å². The highest BCUT2D eigenvalue weighted by atomic mass is 35.5. The lowest BCUT2D eigenvalue weighted by atomic mass is 10.1. The summed E-state index contributed by atoms with van der Waals surface area (Å²) in [6.07, 6.45) is 3.31. The first-order valence-corrected chi connectivity index (χ1v) is 9.75. The summed E-state index contributed by atoms with van der Waals surface area (Å²) in [5, 5.41) is 14.9. The minimum atomic E-state index is -0.125. The quantitative estimate of drug-likeness (QED) is 0.666. The molecule has 1 fully saturated rings. The van der Waals surface area contributed by atoms with Crippen molar-refractivity contribution in [2.75, 3.05) is 6.54 Å². The molecule has 0 atom stereocenters. The molecule has 0 radical (unpaired) electrons. The van der Waals surface area contributed by atoms with Crippen molar-refractivity contribution in [1.29, 1.82) is 0 Å². The molecular weight excluding hydrogens is 392 g/mol. The molecule has 5 rings (SSSR count). The molecule has 3 aromatic rings. The maximum Gasteiger partial charge on any atom is 0.251 e. The number of benzene rings is 1. The van der Waals surface area contributed by atoms with Crippen LogP contribution in [0, 0.1) is 0 Å². The molecule has 0 bridgehead atoms. The summed E-state index contributed by atoms with van der Waals surface area (Å²) in [7, 11) is 0. The van der Waals surface area contributed by atoms with E-state index in [9.17, 15) is 4.79 Å². The molecule has 1 aliphatic heterocycles. The summed E-state index contributed by atoms with van der Waals surface area (Å²) >= 11 is 0. The third kappa shape index (κ3) is 4.33. The molecule has 1 aliphatic carbocycles. The molecule has 1 aromatic carbocycles. The van der Waals surface area contributed by atoms with E-state index in [0.717, 1.165) is 55.8 Å². The summed E-state index contributed by atoms with van der Waals surface area (Å²) < 4.78 is 7.32. The number of aromatic nitrogens is 4. The Labute approximate surface area is 174 Å². The van der Waals surface area contributed by atoms with Gasteiger partial charge in [-0.3, -0.25) is 9.48 Å². The van der Waals surface area contributed by atoms with Gasteiger partial charge in [-0.1, -0.05) is 17.3 Å². The highest BCUT2D eigenvalue weighted by Gasteiger charge is 2.29. The maximum atomic E-state index is 12.5. The number of hydrogen-bond donors (Lipinski definition) is 2. The second-order valence-corrected chi connectivity index (χ2v) is 7.37. The largest absolute Gasteiger partial charge is 0.346 e. The summed E-state index contributed by atoms with van der Waals surface area (Å²) in [5.74, 6) is 1.59. The van der Waals surface area contributed by atoms with Gasteiger partial charge in [-0.05, 0) is 44.0 Å². The molecule has 1 amide bonds. The van der Waals surface area contributed by atoms with Crippen molar-refractivity contribution in [3.63, 3.8) is 0 Å². The van der Waals surface area contributed by atoms with E-state index in [1.54, 1.807) is 12.1 Å². The van der Waals surface area contributed by atoms with Crippen molar-refractivity contribution in [3.05, 3.63) is 53.2 Å². The highest BCUT2D eigenvalue weighted by molar-refractivity contribution is 5.94. The number of hydrogen-bond acceptors (Lipinski definition) is 6. The van der Waals surface area contributed by atoms with Crippen LogP contribution in [0.1, 0.15) is 52.8 Å². The molecule has 2 aliphatic rings. The lowest BCUT2D eigenvalue weighted by Crippen LogP contribution is -2.23. The van der Waals surface area contributed by atoms with E-state index in [1.807, 2.05) is 16.8 Å². The molecule has 29 heavy (non-hydrogen) atoms. The van der Waals surface area contributed by atoms with Gasteiger partial charge in [0.1, 0.15) is 0 Å². The van der Waals surface area contributed by atoms with Gasteiger partial charge in [0.25, 0.3) is 5.91 Å². The molecule has 9 heteroatoms. The Balaban J connectivity index is 0.00000205. The van der Waals surface area contributed by atoms with Crippen LogP contribution in [-0.4, -0.2) is 32.4 Å². The second kappa shape index (κ2) is 8.34. The Hall–Kier alpha value is -2.71. The predicted octanol–water partition coefficient (Wildman–Crippen LogP) is 2.66. The summed E-state index contributed by atoms with van der Waals surface area (Å²) in [6.45, 7) is 3.16. The average molecular weight is 415 g/mol. The molecule has 152 valence electrons. The van der Waals surface area contributed by atoms with Gasteiger partial charge in [-0.2, -0.15) is 10.1 Å². The Morgan fingerprint density at radius 1 is 1.28 bits per heavy atom. The Morgan fingerprint density at radius 3 is 2.90 bits per heavy atom. The fourth-order valence-corrected chi connectivity index (χ4v) is 3.40. The SMILES string of the molecule is Cl.O=C(NCc1cc2n(n1)CCCNC2)c1ccc(-c2noc(C3CC3)n2)cc1. The summed E-state index contributed by atoms with van der Waals surface area (Å²) in [4.78, 5) is 16.9. The van der Waals surface area contributed by atoms with Crippen LogP contribution in [0.3, 0.4) is 0 Å². The van der Waals surface area contributed by atoms with E-state index < -0.39 is 0 Å². The van der Waals surface area contributed by atoms with Gasteiger partial charge in [-0.15, -0.1) is 12.4 Å². The van der Waals surface area contributed by atoms with Crippen molar-refractivity contribution in [1.82, 2.24) is 30.6 Å². The first kappa shape index (κ1) is 19.6. The topological polar surface area (TPSA) is 97.9 Å². The predicted molar refractivity (Wildman–Crippen MR) is 109 cm³/mol. The van der Waals surface area contributed by atoms with E-state index in [0.29, 0.717) is 29.7 Å². The number of amides is 1. The Kier molecular flexibility index (Phi) is 5.64. The molecule has 1 saturated carbocycles. The first-order chi connectivity index (χ1) is 13.8. The number of carbonyl (C=O) groups is 1. The van der Waals surface area contributed by atoms with Crippen LogP contribution in [0.2, 0.25) is 0 Å². The smallest absolute Gasteiger partial charge is 0.251 e. The van der Waals surface area contributed by atoms with Crippen LogP contribution < -0.4 is 10.6 Å². The van der Waals surface area contributed by atoms with Gasteiger partial charge < -0.3 is 15.2 Å². The van der Waals surface area contributed by atoms with E-state index >= 15 is 0 Å². The van der Waals surface area contributed by atoms with Crippen LogP contribution in [0.5, 0.6) is 0 Å². The van der Waals surface area contributed by atoms with E-state index in [2.05, 4.69) is 31.9 Å². The van der Waals surface area contributed by atoms with Crippen LogP contribution in [0.25, 0.3) is 11.4 Å². The molecule has 0 spiro atoms. The average Bonchev–Trinajstić information content (AvgIpc) is 3.40. The number of carbonyl (C=O) groups excluding carboxylic acids is 1. The number of halogens is 1. The third-order valence-electron chi connectivity index (χ3n) is 5.15. The fourth-order valence-electron chi connectivity index (χ4n) is 3.40. The molecule has 2 aromatic heterocycles. The van der Waals surface area contributed by atoms with Gasteiger partial charge in [0.05, 0.1) is 17.9 Å². The third-order valence-corrected chi connectivity index (χ3v) is 5.15. The maximum absolute atomic E-state index is 12.5. The van der Waals surface area contributed by atoms with E-state index in [1.165, 1.54) is 0 Å². The molecular formula is C20H23ClN6O2. The lowest BCUT2D eigenvalue weighted by Gasteiger charge is -2.04. The minimum Gasteiger partial charge on any atom is -0.346 e. The van der Waals surface area contributed by atoms with Gasteiger partial charge in [-0.25, -0.2) is 0 Å². The molecule has 0 saturated heterocycles. The Bertz CT molecular complexity index is 969. The van der Waals surface area contributed by atoms with Crippen molar-refractivity contribution in [3.8, 4) is 11.4 Å². The number of nitrogens with zero attached hydrogens (tertiary/aromatic N) is 4. The van der Waals surface area contributed by atoms with Crippen molar-refractivity contribution >= 4 is 18.3 Å². The van der Waals surface area contributed by atoms with Gasteiger partial charge in [0.15, 0.2) is 0 Å².